The molecule has 1 nitrogen and oxygen atoms in total. The first kappa shape index (κ1) is 14.5. The van der Waals surface area contributed by atoms with Crippen LogP contribution < -0.4 is 0 Å². The number of carbonyl (C=O) groups is 1. The maximum absolute atomic E-state index is 12.5. The summed E-state index contributed by atoms with van der Waals surface area (Å²) in [7, 11) is 0. The molecule has 0 fully saturated rings. The summed E-state index contributed by atoms with van der Waals surface area (Å²) in [4.78, 5) is 11.6. The average Bonchev–Trinajstić information content (AvgIpc) is 2.23. The van der Waals surface area contributed by atoms with Gasteiger partial charge in [0.05, 0.1) is 5.56 Å². The highest BCUT2D eigenvalue weighted by Crippen LogP contribution is 2.29. The second-order valence-electron chi connectivity index (χ2n) is 5.07. The van der Waals surface area contributed by atoms with Crippen LogP contribution in [0.25, 0.3) is 6.08 Å². The second kappa shape index (κ2) is 4.96. The molecule has 0 aliphatic rings. The van der Waals surface area contributed by atoms with Gasteiger partial charge in [-0.15, -0.1) is 0 Å². The van der Waals surface area contributed by atoms with Crippen molar-refractivity contribution >= 4 is 11.9 Å². The van der Waals surface area contributed by atoms with Crippen molar-refractivity contribution in [2.45, 2.75) is 26.9 Å². The van der Waals surface area contributed by atoms with E-state index in [0.29, 0.717) is 5.56 Å². The molecule has 98 valence electrons. The molecule has 0 bridgehead atoms. The Morgan fingerprint density at radius 3 is 2.28 bits per heavy atom. The maximum atomic E-state index is 12.5. The molecule has 0 N–H and O–H groups in total. The maximum Gasteiger partial charge on any atom is 0.416 e. The summed E-state index contributed by atoms with van der Waals surface area (Å²) in [5.74, 6) is -0.125. The fraction of sp³-hybridized carbons (Fsp3) is 0.357. The molecule has 0 aromatic heterocycles. The zero-order chi connectivity index (χ0) is 14.0. The summed E-state index contributed by atoms with van der Waals surface area (Å²) in [5, 5.41) is 0. The Morgan fingerprint density at radius 1 is 1.17 bits per heavy atom. The Labute approximate surface area is 104 Å². The minimum atomic E-state index is -4.36. The van der Waals surface area contributed by atoms with Gasteiger partial charge in [-0.1, -0.05) is 39.0 Å². The number of carbonyl (C=O) groups excluding carboxylic acids is 1. The zero-order valence-corrected chi connectivity index (χ0v) is 10.5. The third-order valence-electron chi connectivity index (χ3n) is 2.38. The van der Waals surface area contributed by atoms with Gasteiger partial charge in [0.25, 0.3) is 0 Å². The van der Waals surface area contributed by atoms with E-state index < -0.39 is 17.2 Å². The van der Waals surface area contributed by atoms with E-state index in [1.165, 1.54) is 24.3 Å². The fourth-order valence-corrected chi connectivity index (χ4v) is 1.24. The van der Waals surface area contributed by atoms with E-state index in [-0.39, 0.29) is 5.78 Å². The van der Waals surface area contributed by atoms with Crippen molar-refractivity contribution in [2.24, 2.45) is 5.41 Å². The van der Waals surface area contributed by atoms with Crippen molar-refractivity contribution in [3.8, 4) is 0 Å². The van der Waals surface area contributed by atoms with Gasteiger partial charge >= 0.3 is 6.18 Å². The number of ketones is 1. The van der Waals surface area contributed by atoms with Crippen molar-refractivity contribution in [3.63, 3.8) is 0 Å². The first-order chi connectivity index (χ1) is 8.10. The van der Waals surface area contributed by atoms with Crippen LogP contribution in [-0.2, 0) is 11.0 Å². The molecule has 0 heterocycles. The molecule has 1 aromatic carbocycles. The molecule has 0 saturated carbocycles. The number of halogens is 3. The van der Waals surface area contributed by atoms with Crippen LogP contribution in [0.15, 0.2) is 30.3 Å². The lowest BCUT2D eigenvalue weighted by atomic mass is 9.90. The first-order valence-electron chi connectivity index (χ1n) is 5.50. The third kappa shape index (κ3) is 4.02. The van der Waals surface area contributed by atoms with E-state index in [9.17, 15) is 18.0 Å². The van der Waals surface area contributed by atoms with Gasteiger partial charge in [-0.3, -0.25) is 4.79 Å². The van der Waals surface area contributed by atoms with Gasteiger partial charge < -0.3 is 0 Å². The summed E-state index contributed by atoms with van der Waals surface area (Å²) in [6.07, 6.45) is -1.64. The van der Waals surface area contributed by atoms with E-state index >= 15 is 0 Å². The number of benzene rings is 1. The summed E-state index contributed by atoms with van der Waals surface area (Å²) >= 11 is 0. The summed E-state index contributed by atoms with van der Waals surface area (Å²) in [6, 6.07) is 4.88. The van der Waals surface area contributed by atoms with Crippen LogP contribution in [-0.4, -0.2) is 5.78 Å². The molecule has 0 aliphatic heterocycles. The van der Waals surface area contributed by atoms with Gasteiger partial charge in [0.15, 0.2) is 5.78 Å². The largest absolute Gasteiger partial charge is 0.416 e. The quantitative estimate of drug-likeness (QED) is 0.719. The van der Waals surface area contributed by atoms with Gasteiger partial charge in [-0.05, 0) is 23.8 Å². The van der Waals surface area contributed by atoms with Crippen molar-refractivity contribution in [1.29, 1.82) is 0 Å². The van der Waals surface area contributed by atoms with Crippen LogP contribution in [0.1, 0.15) is 31.9 Å². The smallest absolute Gasteiger partial charge is 0.294 e. The fourth-order valence-electron chi connectivity index (χ4n) is 1.24. The minimum absolute atomic E-state index is 0.125. The Kier molecular flexibility index (Phi) is 3.99. The zero-order valence-electron chi connectivity index (χ0n) is 10.5. The Morgan fingerprint density at radius 2 is 1.78 bits per heavy atom. The molecule has 0 unspecified atom stereocenters. The summed E-state index contributed by atoms with van der Waals surface area (Å²) in [6.45, 7) is 5.27. The molecule has 0 radical (unpaired) electrons. The van der Waals surface area contributed by atoms with Crippen LogP contribution in [0.5, 0.6) is 0 Å². The van der Waals surface area contributed by atoms with E-state index in [2.05, 4.69) is 0 Å². The molecule has 0 atom stereocenters. The SMILES string of the molecule is CC(C)(C)C(=O)C=Cc1cccc(C(F)(F)F)c1. The lowest BCUT2D eigenvalue weighted by Gasteiger charge is -2.13. The van der Waals surface area contributed by atoms with E-state index in [1.54, 1.807) is 20.8 Å². The molecule has 0 amide bonds. The molecular weight excluding hydrogens is 241 g/mol. The molecule has 1 aromatic rings. The van der Waals surface area contributed by atoms with Crippen molar-refractivity contribution in [2.75, 3.05) is 0 Å². The highest BCUT2D eigenvalue weighted by Gasteiger charge is 2.30. The average molecular weight is 256 g/mol. The monoisotopic (exact) mass is 256 g/mol. The molecule has 0 spiro atoms. The molecule has 0 aliphatic carbocycles. The second-order valence-corrected chi connectivity index (χ2v) is 5.07. The van der Waals surface area contributed by atoms with E-state index in [1.807, 2.05) is 0 Å². The Balaban J connectivity index is 2.93. The molecular formula is C14H15F3O. The summed E-state index contributed by atoms with van der Waals surface area (Å²) in [5.41, 5.74) is -0.881. The minimum Gasteiger partial charge on any atom is -0.294 e. The third-order valence-corrected chi connectivity index (χ3v) is 2.38. The highest BCUT2D eigenvalue weighted by atomic mass is 19.4. The number of alkyl halides is 3. The van der Waals surface area contributed by atoms with Crippen LogP contribution in [0.2, 0.25) is 0 Å². The van der Waals surface area contributed by atoms with Gasteiger partial charge in [0.2, 0.25) is 0 Å². The predicted octanol–water partition coefficient (Wildman–Crippen LogP) is 4.33. The summed E-state index contributed by atoms with van der Waals surface area (Å²) < 4.78 is 37.4. The van der Waals surface area contributed by atoms with Crippen molar-refractivity contribution < 1.29 is 18.0 Å². The van der Waals surface area contributed by atoms with Crippen molar-refractivity contribution in [1.82, 2.24) is 0 Å². The molecule has 18 heavy (non-hydrogen) atoms. The van der Waals surface area contributed by atoms with Gasteiger partial charge in [-0.2, -0.15) is 13.2 Å². The van der Waals surface area contributed by atoms with E-state index in [0.717, 1.165) is 12.1 Å². The predicted molar refractivity (Wildman–Crippen MR) is 64.9 cm³/mol. The number of rotatable bonds is 2. The normalized spacial score (nSPS) is 13.0. The van der Waals surface area contributed by atoms with E-state index in [4.69, 9.17) is 0 Å². The van der Waals surface area contributed by atoms with Crippen LogP contribution in [0, 0.1) is 5.41 Å². The van der Waals surface area contributed by atoms with Crippen LogP contribution in [0.3, 0.4) is 0 Å². The standard InChI is InChI=1S/C14H15F3O/c1-13(2,3)12(18)8-7-10-5-4-6-11(9-10)14(15,16)17/h4-9H,1-3H3. The topological polar surface area (TPSA) is 17.1 Å². The molecule has 4 heteroatoms. The molecule has 1 rings (SSSR count). The Hall–Kier alpha value is -1.58. The number of hydrogen-bond donors (Lipinski definition) is 0. The number of allylic oxidation sites excluding steroid dienone is 1. The van der Waals surface area contributed by atoms with Gasteiger partial charge in [0.1, 0.15) is 0 Å². The molecule has 0 saturated heterocycles. The highest BCUT2D eigenvalue weighted by molar-refractivity contribution is 5.97. The number of hydrogen-bond acceptors (Lipinski definition) is 1. The van der Waals surface area contributed by atoms with Crippen molar-refractivity contribution in [3.05, 3.63) is 41.5 Å². The van der Waals surface area contributed by atoms with Crippen LogP contribution >= 0.6 is 0 Å². The van der Waals surface area contributed by atoms with Gasteiger partial charge in [-0.25, -0.2) is 0 Å². The Bertz CT molecular complexity index is 465. The lowest BCUT2D eigenvalue weighted by molar-refractivity contribution is -0.137. The lowest BCUT2D eigenvalue weighted by Crippen LogP contribution is -2.17. The van der Waals surface area contributed by atoms with Gasteiger partial charge in [0, 0.05) is 5.41 Å². The first-order valence-corrected chi connectivity index (χ1v) is 5.50. The van der Waals surface area contributed by atoms with Crippen LogP contribution in [0.4, 0.5) is 13.2 Å².